The number of ether oxygens (including phenoxy) is 1. The highest BCUT2D eigenvalue weighted by molar-refractivity contribution is 6.45. The Morgan fingerprint density at radius 2 is 1.78 bits per heavy atom. The molecule has 0 amide bonds. The highest BCUT2D eigenvalue weighted by Gasteiger charge is 2.70. The van der Waals surface area contributed by atoms with Gasteiger partial charge in [-0.2, -0.15) is 0 Å². The molecule has 5 aliphatic rings. The Kier molecular flexibility index (Phi) is 5.55. The van der Waals surface area contributed by atoms with Crippen molar-refractivity contribution in [2.45, 2.75) is 81.3 Å². The number of benzene rings is 1. The van der Waals surface area contributed by atoms with E-state index in [0.717, 1.165) is 24.0 Å². The van der Waals surface area contributed by atoms with E-state index >= 15 is 0 Å². The fourth-order valence-electron chi connectivity index (χ4n) is 5.06. The Bertz CT molecular complexity index is 1090. The van der Waals surface area contributed by atoms with Gasteiger partial charge in [-0.3, -0.25) is 9.59 Å². The van der Waals surface area contributed by atoms with E-state index in [-0.39, 0.29) is 41.7 Å². The van der Waals surface area contributed by atoms with Crippen LogP contribution in [0.1, 0.15) is 79.7 Å². The van der Waals surface area contributed by atoms with E-state index in [2.05, 4.69) is 0 Å². The molecule has 1 heterocycles. The molecule has 1 saturated heterocycles. The summed E-state index contributed by atoms with van der Waals surface area (Å²) in [5.74, 6) is -1.76. The standard InChI is InChI=1S/C25H28Cl2O5/c1-13-6-5-7-14(2)10-15-17(28)11-16-19(20(15)29)22(31)24(27)12-18(26)23(3,4)32-25(24,9-8-13)21(16)30/h7-8,11,18,28-29H,5-6,9-10,12H2,1-4H3/b13-8-,14-7-/t18-,24+,25+/m1/s1. The van der Waals surface area contributed by atoms with Gasteiger partial charge in [-0.1, -0.05) is 23.3 Å². The van der Waals surface area contributed by atoms with Gasteiger partial charge in [0.25, 0.3) is 0 Å². The van der Waals surface area contributed by atoms with Crippen LogP contribution in [-0.2, 0) is 11.2 Å². The lowest BCUT2D eigenvalue weighted by atomic mass is 9.63. The van der Waals surface area contributed by atoms with Crippen LogP contribution in [0.25, 0.3) is 0 Å². The molecule has 6 rings (SSSR count). The number of carbonyl (C=O) groups is 2. The first-order valence-electron chi connectivity index (χ1n) is 10.9. The van der Waals surface area contributed by atoms with Crippen molar-refractivity contribution in [2.75, 3.05) is 0 Å². The molecular formula is C25H28Cl2O5. The van der Waals surface area contributed by atoms with Crippen LogP contribution in [0, 0.1) is 0 Å². The molecule has 1 aliphatic heterocycles. The normalized spacial score (nSPS) is 35.5. The van der Waals surface area contributed by atoms with E-state index in [0.29, 0.717) is 0 Å². The lowest BCUT2D eigenvalue weighted by Crippen LogP contribution is -2.72. The molecule has 0 saturated carbocycles. The Balaban J connectivity index is 2.06. The third-order valence-corrected chi connectivity index (χ3v) is 8.41. The zero-order valence-electron chi connectivity index (χ0n) is 18.7. The van der Waals surface area contributed by atoms with Crippen LogP contribution in [0.4, 0.5) is 0 Å². The first kappa shape index (κ1) is 23.3. The monoisotopic (exact) mass is 478 g/mol. The Morgan fingerprint density at radius 1 is 1.09 bits per heavy atom. The highest BCUT2D eigenvalue weighted by Crippen LogP contribution is 2.57. The minimum absolute atomic E-state index is 0.00852. The molecular weight excluding hydrogens is 451 g/mol. The van der Waals surface area contributed by atoms with E-state index in [9.17, 15) is 19.8 Å². The van der Waals surface area contributed by atoms with Gasteiger partial charge in [0.15, 0.2) is 17.2 Å². The van der Waals surface area contributed by atoms with Gasteiger partial charge in [0.1, 0.15) is 16.4 Å². The lowest BCUT2D eigenvalue weighted by molar-refractivity contribution is -0.157. The van der Waals surface area contributed by atoms with E-state index in [4.69, 9.17) is 27.9 Å². The van der Waals surface area contributed by atoms with Crippen molar-refractivity contribution in [3.8, 4) is 11.5 Å². The van der Waals surface area contributed by atoms with Crippen molar-refractivity contribution >= 4 is 34.8 Å². The van der Waals surface area contributed by atoms with Crippen molar-refractivity contribution < 1.29 is 24.5 Å². The van der Waals surface area contributed by atoms with Gasteiger partial charge in [0.2, 0.25) is 0 Å². The summed E-state index contributed by atoms with van der Waals surface area (Å²) in [7, 11) is 0. The molecule has 3 atom stereocenters. The number of alkyl halides is 2. The number of aromatic hydroxyl groups is 2. The van der Waals surface area contributed by atoms with Gasteiger partial charge in [-0.15, -0.1) is 23.2 Å². The van der Waals surface area contributed by atoms with Crippen LogP contribution < -0.4 is 0 Å². The van der Waals surface area contributed by atoms with Gasteiger partial charge in [-0.25, -0.2) is 0 Å². The molecule has 5 nitrogen and oxygen atoms in total. The fraction of sp³-hybridized carbons (Fsp3) is 0.520. The third kappa shape index (κ3) is 3.24. The summed E-state index contributed by atoms with van der Waals surface area (Å²) in [6.45, 7) is 7.43. The minimum Gasteiger partial charge on any atom is -0.507 e. The summed E-state index contributed by atoms with van der Waals surface area (Å²) in [4.78, 5) is 26.1. The van der Waals surface area contributed by atoms with Gasteiger partial charge in [0, 0.05) is 24.0 Å². The maximum absolute atomic E-state index is 14.0. The number of hydrogen-bond acceptors (Lipinski definition) is 5. The van der Waals surface area contributed by atoms with Gasteiger partial charge in [-0.05, 0) is 53.0 Å². The second kappa shape index (κ2) is 7.61. The third-order valence-electron chi connectivity index (χ3n) is 7.10. The Labute approximate surface area is 198 Å². The summed E-state index contributed by atoms with van der Waals surface area (Å²) in [5.41, 5.74) is -0.664. The predicted molar refractivity (Wildman–Crippen MR) is 124 cm³/mol. The number of fused-ring (bicyclic) bond motifs is 1. The molecule has 0 aromatic heterocycles. The van der Waals surface area contributed by atoms with Crippen LogP contribution in [-0.4, -0.2) is 43.2 Å². The number of phenolic OH excluding ortho intramolecular Hbond substituents is 2. The van der Waals surface area contributed by atoms with Crippen molar-refractivity contribution in [2.24, 2.45) is 0 Å². The second-order valence-electron chi connectivity index (χ2n) is 9.83. The summed E-state index contributed by atoms with van der Waals surface area (Å²) >= 11 is 13.6. The topological polar surface area (TPSA) is 83.8 Å². The molecule has 1 fully saturated rings. The molecule has 32 heavy (non-hydrogen) atoms. The van der Waals surface area contributed by atoms with E-state index in [1.54, 1.807) is 13.8 Å². The lowest BCUT2D eigenvalue weighted by Gasteiger charge is -2.56. The number of halogens is 2. The average Bonchev–Trinajstić information content (AvgIpc) is 2.70. The summed E-state index contributed by atoms with van der Waals surface area (Å²) < 4.78 is 6.36. The maximum Gasteiger partial charge on any atom is 0.198 e. The number of carbonyl (C=O) groups excluding carboxylic acids is 2. The highest BCUT2D eigenvalue weighted by atomic mass is 35.5. The smallest absolute Gasteiger partial charge is 0.198 e. The van der Waals surface area contributed by atoms with Crippen LogP contribution in [0.15, 0.2) is 29.4 Å². The van der Waals surface area contributed by atoms with Crippen molar-refractivity contribution in [3.05, 3.63) is 46.1 Å². The first-order chi connectivity index (χ1) is 14.8. The van der Waals surface area contributed by atoms with Crippen molar-refractivity contribution in [1.82, 2.24) is 0 Å². The number of rotatable bonds is 0. The summed E-state index contributed by atoms with van der Waals surface area (Å²) in [5, 5.41) is 21.1. The van der Waals surface area contributed by atoms with Crippen LogP contribution >= 0.6 is 23.2 Å². The minimum atomic E-state index is -1.78. The van der Waals surface area contributed by atoms with Crippen molar-refractivity contribution in [3.63, 3.8) is 0 Å². The Hall–Kier alpha value is -1.82. The molecule has 1 aromatic carbocycles. The predicted octanol–water partition coefficient (Wildman–Crippen LogP) is 5.62. The maximum atomic E-state index is 14.0. The molecule has 0 radical (unpaired) electrons. The largest absolute Gasteiger partial charge is 0.507 e. The molecule has 172 valence electrons. The van der Waals surface area contributed by atoms with E-state index in [1.165, 1.54) is 6.07 Å². The zero-order chi connectivity index (χ0) is 23.6. The van der Waals surface area contributed by atoms with E-state index < -0.39 is 38.8 Å². The van der Waals surface area contributed by atoms with Crippen LogP contribution in [0.5, 0.6) is 11.5 Å². The number of phenols is 2. The number of allylic oxidation sites excluding steroid dienone is 3. The second-order valence-corrected chi connectivity index (χ2v) is 11.0. The molecule has 4 aliphatic carbocycles. The molecule has 2 N–H and O–H groups in total. The van der Waals surface area contributed by atoms with Gasteiger partial charge in [0.05, 0.1) is 16.5 Å². The quantitative estimate of drug-likeness (QED) is 0.373. The summed E-state index contributed by atoms with van der Waals surface area (Å²) in [6.07, 6.45) is 5.82. The van der Waals surface area contributed by atoms with Gasteiger partial charge >= 0.3 is 0 Å². The van der Waals surface area contributed by atoms with Crippen LogP contribution in [0.2, 0.25) is 0 Å². The average molecular weight is 479 g/mol. The fourth-order valence-corrected chi connectivity index (χ4v) is 5.87. The molecule has 1 aromatic rings. The van der Waals surface area contributed by atoms with Crippen molar-refractivity contribution in [1.29, 1.82) is 0 Å². The zero-order valence-corrected chi connectivity index (χ0v) is 20.2. The van der Waals surface area contributed by atoms with Crippen LogP contribution in [0.3, 0.4) is 0 Å². The SMILES string of the molecule is C/C1=C/C[C@@]23OC(C)(C)[C@H](Cl)C[C@]2(Cl)C(=O)c2c(cc(O)c(c2O)C/C(C)=C\CC1)C3=O. The van der Waals surface area contributed by atoms with Gasteiger partial charge < -0.3 is 14.9 Å². The molecule has 4 bridgehead atoms. The summed E-state index contributed by atoms with van der Waals surface area (Å²) in [6, 6.07) is 1.27. The Morgan fingerprint density at radius 3 is 2.47 bits per heavy atom. The molecule has 1 spiro atoms. The number of ketones is 2. The first-order valence-corrected chi connectivity index (χ1v) is 11.7. The molecule has 0 unspecified atom stereocenters. The number of hydrogen-bond donors (Lipinski definition) is 2. The number of Topliss-reactive ketones (excluding diaryl/α,β-unsaturated/α-hetero) is 2. The molecule has 7 heteroatoms. The van der Waals surface area contributed by atoms with E-state index in [1.807, 2.05) is 26.0 Å².